The molecule has 1 saturated carbocycles. The summed E-state index contributed by atoms with van der Waals surface area (Å²) in [6.07, 6.45) is -1.88. The number of carbonyl (C=O) groups excluding carboxylic acids is 2. The minimum Gasteiger partial charge on any atom is -0.463 e. The molecule has 172 valence electrons. The zero-order valence-electron chi connectivity index (χ0n) is 17.4. The van der Waals surface area contributed by atoms with Gasteiger partial charge in [-0.1, -0.05) is 0 Å². The summed E-state index contributed by atoms with van der Waals surface area (Å²) in [5.74, 6) is -6.12. The number of hydrogen-bond acceptors (Lipinski definition) is 5. The Morgan fingerprint density at radius 1 is 1.27 bits per heavy atom. The summed E-state index contributed by atoms with van der Waals surface area (Å²) in [5, 5.41) is 12.0. The van der Waals surface area contributed by atoms with Crippen LogP contribution in [-0.2, 0) is 16.1 Å². The van der Waals surface area contributed by atoms with E-state index in [9.17, 15) is 32.4 Å². The average molecular weight is 462 g/mol. The van der Waals surface area contributed by atoms with E-state index in [2.05, 4.69) is 10.3 Å². The molecule has 1 atom stereocenters. The third kappa shape index (κ3) is 4.74. The number of aromatic nitrogens is 1. The van der Waals surface area contributed by atoms with Crippen LogP contribution in [0.3, 0.4) is 0 Å². The van der Waals surface area contributed by atoms with Gasteiger partial charge in [-0.05, 0) is 36.6 Å². The van der Waals surface area contributed by atoms with Gasteiger partial charge in [0.2, 0.25) is 17.7 Å². The standard InChI is InChI=1S/C22H18F4N4O3/c1-11-21(32)30(10-12-2-15(23)6-16(24)3-12)17-5-14(9-27)19(29-20(17)33-11)28-18(31)4-13-7-22(25,26)8-13/h2-3,5-6,11,13H,4,7-8,10H2,1H3,(H,28,29,31). The predicted molar refractivity (Wildman–Crippen MR) is 108 cm³/mol. The molecule has 1 fully saturated rings. The highest BCUT2D eigenvalue weighted by molar-refractivity contribution is 6.00. The number of nitriles is 1. The molecule has 1 aliphatic carbocycles. The highest BCUT2D eigenvalue weighted by atomic mass is 19.3. The molecule has 0 bridgehead atoms. The van der Waals surface area contributed by atoms with E-state index in [-0.39, 0.29) is 54.3 Å². The summed E-state index contributed by atoms with van der Waals surface area (Å²) >= 11 is 0. The average Bonchev–Trinajstić information content (AvgIpc) is 2.69. The van der Waals surface area contributed by atoms with E-state index >= 15 is 0 Å². The first-order valence-corrected chi connectivity index (χ1v) is 10.1. The number of fused-ring (bicyclic) bond motifs is 1. The molecule has 0 radical (unpaired) electrons. The van der Waals surface area contributed by atoms with Crippen molar-refractivity contribution in [3.05, 3.63) is 47.0 Å². The quantitative estimate of drug-likeness (QED) is 0.680. The van der Waals surface area contributed by atoms with Crippen LogP contribution in [0.1, 0.15) is 37.3 Å². The number of halogens is 4. The predicted octanol–water partition coefficient (Wildman–Crippen LogP) is 3.92. The monoisotopic (exact) mass is 462 g/mol. The van der Waals surface area contributed by atoms with Gasteiger partial charge in [0, 0.05) is 25.3 Å². The van der Waals surface area contributed by atoms with Gasteiger partial charge < -0.3 is 10.1 Å². The lowest BCUT2D eigenvalue weighted by Gasteiger charge is -2.34. The highest BCUT2D eigenvalue weighted by Crippen LogP contribution is 2.44. The molecule has 1 aromatic carbocycles. The van der Waals surface area contributed by atoms with E-state index < -0.39 is 41.4 Å². The van der Waals surface area contributed by atoms with Gasteiger partial charge in [-0.3, -0.25) is 14.5 Å². The van der Waals surface area contributed by atoms with E-state index in [0.29, 0.717) is 6.07 Å². The van der Waals surface area contributed by atoms with Crippen molar-refractivity contribution in [2.24, 2.45) is 5.92 Å². The smallest absolute Gasteiger partial charge is 0.268 e. The maximum atomic E-state index is 13.6. The molecule has 7 nitrogen and oxygen atoms in total. The van der Waals surface area contributed by atoms with Gasteiger partial charge in [0.1, 0.15) is 23.4 Å². The maximum absolute atomic E-state index is 13.6. The maximum Gasteiger partial charge on any atom is 0.268 e. The van der Waals surface area contributed by atoms with Crippen molar-refractivity contribution in [2.75, 3.05) is 10.2 Å². The molecule has 1 unspecified atom stereocenters. The summed E-state index contributed by atoms with van der Waals surface area (Å²) in [6.45, 7) is 1.25. The fourth-order valence-corrected chi connectivity index (χ4v) is 3.92. The number of carbonyl (C=O) groups is 2. The molecule has 2 aliphatic rings. The van der Waals surface area contributed by atoms with Crippen molar-refractivity contribution >= 4 is 23.3 Å². The molecular weight excluding hydrogens is 444 g/mol. The van der Waals surface area contributed by atoms with Gasteiger partial charge in [0.25, 0.3) is 5.91 Å². The Bertz CT molecular complexity index is 1150. The lowest BCUT2D eigenvalue weighted by atomic mass is 9.79. The Labute approximate surface area is 186 Å². The normalized spacial score (nSPS) is 19.2. The zero-order valence-corrected chi connectivity index (χ0v) is 17.4. The van der Waals surface area contributed by atoms with Gasteiger partial charge >= 0.3 is 0 Å². The highest BCUT2D eigenvalue weighted by Gasteiger charge is 2.45. The Hall–Kier alpha value is -3.68. The van der Waals surface area contributed by atoms with Crippen LogP contribution in [0, 0.1) is 28.9 Å². The number of pyridine rings is 1. The van der Waals surface area contributed by atoms with Crippen LogP contribution in [-0.4, -0.2) is 28.8 Å². The number of hydrogen-bond donors (Lipinski definition) is 1. The third-order valence-electron chi connectivity index (χ3n) is 5.45. The first kappa shape index (κ1) is 22.5. The summed E-state index contributed by atoms with van der Waals surface area (Å²) < 4.78 is 58.7. The number of alkyl halides is 2. The van der Waals surface area contributed by atoms with E-state index in [4.69, 9.17) is 4.74 Å². The second-order valence-electron chi connectivity index (χ2n) is 8.17. The Balaban J connectivity index is 1.60. The summed E-state index contributed by atoms with van der Waals surface area (Å²) in [4.78, 5) is 30.3. The Morgan fingerprint density at radius 3 is 2.55 bits per heavy atom. The van der Waals surface area contributed by atoms with Crippen LogP contribution in [0.25, 0.3) is 0 Å². The molecular formula is C22H18F4N4O3. The summed E-state index contributed by atoms with van der Waals surface area (Å²) in [6, 6.07) is 5.99. The van der Waals surface area contributed by atoms with E-state index in [1.807, 2.05) is 6.07 Å². The van der Waals surface area contributed by atoms with Crippen molar-refractivity contribution < 1.29 is 31.9 Å². The number of nitrogens with zero attached hydrogens (tertiary/aromatic N) is 3. The molecule has 2 heterocycles. The lowest BCUT2D eigenvalue weighted by Crippen LogP contribution is -2.44. The fourth-order valence-electron chi connectivity index (χ4n) is 3.92. The molecule has 2 aromatic rings. The minimum atomic E-state index is -2.75. The van der Waals surface area contributed by atoms with Crippen molar-refractivity contribution in [3.63, 3.8) is 0 Å². The topological polar surface area (TPSA) is 95.3 Å². The minimum absolute atomic E-state index is 0.0662. The number of benzene rings is 1. The van der Waals surface area contributed by atoms with Gasteiger partial charge in [-0.15, -0.1) is 0 Å². The third-order valence-corrected chi connectivity index (χ3v) is 5.45. The van der Waals surface area contributed by atoms with Gasteiger partial charge in [0.15, 0.2) is 11.9 Å². The lowest BCUT2D eigenvalue weighted by molar-refractivity contribution is -0.130. The largest absolute Gasteiger partial charge is 0.463 e. The molecule has 0 spiro atoms. The summed E-state index contributed by atoms with van der Waals surface area (Å²) in [5.41, 5.74) is 0.174. The van der Waals surface area contributed by atoms with Crippen molar-refractivity contribution in [1.29, 1.82) is 5.26 Å². The molecule has 1 aliphatic heterocycles. The van der Waals surface area contributed by atoms with Crippen LogP contribution in [0.5, 0.6) is 5.88 Å². The number of ether oxygens (including phenoxy) is 1. The van der Waals surface area contributed by atoms with Crippen molar-refractivity contribution in [1.82, 2.24) is 4.98 Å². The molecule has 0 saturated heterocycles. The first-order chi connectivity index (χ1) is 15.5. The molecule has 4 rings (SSSR count). The number of anilines is 2. The number of amides is 2. The fraction of sp³-hybridized carbons (Fsp3) is 0.364. The molecule has 2 amide bonds. The first-order valence-electron chi connectivity index (χ1n) is 10.1. The van der Waals surface area contributed by atoms with E-state index in [0.717, 1.165) is 12.1 Å². The zero-order chi connectivity index (χ0) is 23.9. The molecule has 11 heteroatoms. The Morgan fingerprint density at radius 2 is 1.94 bits per heavy atom. The Kier molecular flexibility index (Phi) is 5.69. The van der Waals surface area contributed by atoms with Gasteiger partial charge in [-0.25, -0.2) is 17.6 Å². The van der Waals surface area contributed by atoms with Crippen LogP contribution < -0.4 is 15.0 Å². The number of rotatable bonds is 5. The molecule has 1 aromatic heterocycles. The number of nitrogens with one attached hydrogen (secondary N) is 1. The summed E-state index contributed by atoms with van der Waals surface area (Å²) in [7, 11) is 0. The van der Waals surface area contributed by atoms with Crippen LogP contribution >= 0.6 is 0 Å². The van der Waals surface area contributed by atoms with Crippen LogP contribution in [0.15, 0.2) is 24.3 Å². The van der Waals surface area contributed by atoms with Crippen LogP contribution in [0.2, 0.25) is 0 Å². The van der Waals surface area contributed by atoms with Crippen molar-refractivity contribution in [3.8, 4) is 11.9 Å². The second kappa shape index (κ2) is 8.35. The molecule has 33 heavy (non-hydrogen) atoms. The van der Waals surface area contributed by atoms with Crippen molar-refractivity contribution in [2.45, 2.75) is 44.8 Å². The van der Waals surface area contributed by atoms with Crippen LogP contribution in [0.4, 0.5) is 29.1 Å². The SMILES string of the molecule is CC1Oc2nc(NC(=O)CC3CC(F)(F)C3)c(C#N)cc2N(Cc2cc(F)cc(F)c2)C1=O. The second-order valence-corrected chi connectivity index (χ2v) is 8.17. The van der Waals surface area contributed by atoms with Gasteiger partial charge in [-0.2, -0.15) is 10.2 Å². The molecule has 1 N–H and O–H groups in total. The van der Waals surface area contributed by atoms with E-state index in [1.54, 1.807) is 0 Å². The van der Waals surface area contributed by atoms with E-state index in [1.165, 1.54) is 17.9 Å². The van der Waals surface area contributed by atoms with Gasteiger partial charge in [0.05, 0.1) is 12.1 Å².